The minimum absolute atomic E-state index is 0.0115. The van der Waals surface area contributed by atoms with Gasteiger partial charge in [-0.25, -0.2) is 9.78 Å². The Bertz CT molecular complexity index is 1530. The summed E-state index contributed by atoms with van der Waals surface area (Å²) in [6.07, 6.45) is 0.634. The van der Waals surface area contributed by atoms with Gasteiger partial charge in [0.15, 0.2) is 5.13 Å². The highest BCUT2D eigenvalue weighted by Crippen LogP contribution is 2.46. The molecule has 11 heteroatoms. The van der Waals surface area contributed by atoms with Crippen molar-refractivity contribution in [2.45, 2.75) is 39.3 Å². The Labute approximate surface area is 232 Å². The van der Waals surface area contributed by atoms with Crippen LogP contribution in [0.25, 0.3) is 5.76 Å². The summed E-state index contributed by atoms with van der Waals surface area (Å²) in [5.74, 6) is -2.06. The number of hydrogen-bond acceptors (Lipinski definition) is 8. The number of nitrogens with zero attached hydrogens (tertiary/aromatic N) is 2. The molecule has 1 saturated heterocycles. The molecule has 0 radical (unpaired) electrons. The molecular weight excluding hydrogens is 551 g/mol. The number of benzene rings is 2. The second-order valence-corrected chi connectivity index (χ2v) is 10.7. The van der Waals surface area contributed by atoms with E-state index in [4.69, 9.17) is 32.7 Å². The molecule has 2 atom stereocenters. The number of Topliss-reactive ketones (excluding diaryl/α,β-unsaturated/α-hetero) is 1. The third-order valence-electron chi connectivity index (χ3n) is 6.32. The van der Waals surface area contributed by atoms with Crippen LogP contribution in [0.2, 0.25) is 10.0 Å². The first-order valence-electron chi connectivity index (χ1n) is 11.8. The van der Waals surface area contributed by atoms with Crippen molar-refractivity contribution in [2.75, 3.05) is 11.5 Å². The molecule has 2 aliphatic heterocycles. The van der Waals surface area contributed by atoms with E-state index in [1.165, 1.54) is 6.07 Å². The molecule has 3 aromatic rings. The number of hydrogen-bond donors (Lipinski definition) is 1. The molecule has 2 unspecified atom stereocenters. The minimum atomic E-state index is -1.12. The lowest BCUT2D eigenvalue weighted by Crippen LogP contribution is -2.29. The van der Waals surface area contributed by atoms with Crippen molar-refractivity contribution >= 4 is 63.1 Å². The fourth-order valence-corrected chi connectivity index (χ4v) is 6.14. The number of ether oxygens (including phenoxy) is 2. The molecule has 0 aliphatic carbocycles. The van der Waals surface area contributed by atoms with Crippen molar-refractivity contribution in [3.8, 4) is 5.75 Å². The summed E-state index contributed by atoms with van der Waals surface area (Å²) in [5.41, 5.74) is 1.79. The molecule has 1 N–H and O–H groups in total. The molecule has 5 rings (SSSR count). The van der Waals surface area contributed by atoms with Gasteiger partial charge in [-0.2, -0.15) is 0 Å². The number of aryl methyl sites for hydroxylation is 1. The summed E-state index contributed by atoms with van der Waals surface area (Å²) in [7, 11) is 0. The molecule has 2 aromatic carbocycles. The van der Waals surface area contributed by atoms with Gasteiger partial charge in [0.25, 0.3) is 5.78 Å². The van der Waals surface area contributed by atoms with Crippen LogP contribution in [-0.4, -0.2) is 40.5 Å². The maximum atomic E-state index is 13.5. The maximum absolute atomic E-state index is 13.5. The minimum Gasteiger partial charge on any atom is -0.507 e. The van der Waals surface area contributed by atoms with Gasteiger partial charge in [0.05, 0.1) is 23.9 Å². The van der Waals surface area contributed by atoms with Gasteiger partial charge in [0, 0.05) is 22.0 Å². The number of aromatic nitrogens is 1. The number of thiazole rings is 1. The van der Waals surface area contributed by atoms with Gasteiger partial charge >= 0.3 is 11.9 Å². The molecule has 0 bridgehead atoms. The summed E-state index contributed by atoms with van der Waals surface area (Å²) in [6, 6.07) is 8.64. The van der Waals surface area contributed by atoms with Gasteiger partial charge in [0.1, 0.15) is 22.5 Å². The Morgan fingerprint density at radius 3 is 2.71 bits per heavy atom. The normalized spacial score (nSPS) is 20.0. The first kappa shape index (κ1) is 26.2. The van der Waals surface area contributed by atoms with Gasteiger partial charge in [-0.3, -0.25) is 14.5 Å². The zero-order valence-electron chi connectivity index (χ0n) is 20.6. The number of carbonyl (C=O) groups excluding carboxylic acids is 3. The van der Waals surface area contributed by atoms with E-state index < -0.39 is 23.7 Å². The molecule has 38 heavy (non-hydrogen) atoms. The van der Waals surface area contributed by atoms with Crippen LogP contribution in [0.3, 0.4) is 0 Å². The van der Waals surface area contributed by atoms with Crippen LogP contribution in [0, 0.1) is 6.92 Å². The Morgan fingerprint density at radius 2 is 2.00 bits per heavy atom. The second kappa shape index (κ2) is 10.1. The molecule has 0 spiro atoms. The van der Waals surface area contributed by atoms with Crippen LogP contribution in [0.15, 0.2) is 42.0 Å². The van der Waals surface area contributed by atoms with Crippen LogP contribution >= 0.6 is 34.5 Å². The highest BCUT2D eigenvalue weighted by atomic mass is 35.5. The van der Waals surface area contributed by atoms with E-state index in [9.17, 15) is 19.5 Å². The van der Waals surface area contributed by atoms with Crippen molar-refractivity contribution in [1.29, 1.82) is 0 Å². The molecule has 196 valence electrons. The van der Waals surface area contributed by atoms with E-state index in [0.717, 1.165) is 21.8 Å². The van der Waals surface area contributed by atoms with Crippen LogP contribution in [-0.2, 0) is 20.7 Å². The quantitative estimate of drug-likeness (QED) is 0.176. The molecule has 0 saturated carbocycles. The monoisotopic (exact) mass is 572 g/mol. The van der Waals surface area contributed by atoms with Gasteiger partial charge < -0.3 is 14.6 Å². The molecule has 2 aliphatic rings. The van der Waals surface area contributed by atoms with Crippen LogP contribution < -0.4 is 9.64 Å². The highest BCUT2D eigenvalue weighted by molar-refractivity contribution is 7.17. The average Bonchev–Trinajstić information content (AvgIpc) is 3.51. The number of aliphatic hydroxyl groups excluding tert-OH is 1. The van der Waals surface area contributed by atoms with E-state index in [2.05, 4.69) is 4.98 Å². The first-order valence-corrected chi connectivity index (χ1v) is 13.4. The van der Waals surface area contributed by atoms with E-state index >= 15 is 0 Å². The SMILES string of the molecule is CCOC(=O)c1sc(N2C(=O)C(=O)C(=C(O)c3ccc4c(c3)CC(C)O4)C2c2ccc(Cl)cc2Cl)nc1C. The molecular formula is C27H22Cl2N2O6S. The van der Waals surface area contributed by atoms with E-state index in [-0.39, 0.29) is 39.1 Å². The summed E-state index contributed by atoms with van der Waals surface area (Å²) in [6.45, 7) is 5.40. The van der Waals surface area contributed by atoms with Crippen molar-refractivity contribution in [2.24, 2.45) is 0 Å². The van der Waals surface area contributed by atoms with Gasteiger partial charge in [-0.1, -0.05) is 40.6 Å². The molecule has 1 fully saturated rings. The van der Waals surface area contributed by atoms with Crippen molar-refractivity contribution < 1.29 is 29.0 Å². The summed E-state index contributed by atoms with van der Waals surface area (Å²) in [5, 5.41) is 12.1. The number of esters is 1. The van der Waals surface area contributed by atoms with Gasteiger partial charge in [0.2, 0.25) is 0 Å². The van der Waals surface area contributed by atoms with Crippen LogP contribution in [0.1, 0.15) is 51.9 Å². The first-order chi connectivity index (χ1) is 18.1. The predicted octanol–water partition coefficient (Wildman–Crippen LogP) is 5.88. The third kappa shape index (κ3) is 4.44. The number of amides is 1. The van der Waals surface area contributed by atoms with Crippen LogP contribution in [0.5, 0.6) is 5.75 Å². The third-order valence-corrected chi connectivity index (χ3v) is 8.02. The summed E-state index contributed by atoms with van der Waals surface area (Å²) < 4.78 is 10.8. The largest absolute Gasteiger partial charge is 0.507 e. The van der Waals surface area contributed by atoms with Crippen molar-refractivity contribution in [3.63, 3.8) is 0 Å². The number of carbonyl (C=O) groups is 3. The molecule has 3 heterocycles. The Balaban J connectivity index is 1.69. The number of fused-ring (bicyclic) bond motifs is 1. The molecule has 8 nitrogen and oxygen atoms in total. The Kier molecular flexibility index (Phi) is 6.94. The number of ketones is 1. The lowest BCUT2D eigenvalue weighted by Gasteiger charge is -2.24. The van der Waals surface area contributed by atoms with Crippen LogP contribution in [0.4, 0.5) is 5.13 Å². The number of anilines is 1. The number of halogens is 2. The molecule has 1 aromatic heterocycles. The standard InChI is InChI=1S/C27H22Cl2N2O6S/c1-4-36-26(35)24-13(3)30-27(38-24)31-21(17-7-6-16(28)11-18(17)29)20(23(33)25(31)34)22(32)14-5-8-19-15(10-14)9-12(2)37-19/h5-8,10-12,21,32H,4,9H2,1-3H3. The van der Waals surface area contributed by atoms with E-state index in [1.54, 1.807) is 44.2 Å². The van der Waals surface area contributed by atoms with Gasteiger partial charge in [-0.15, -0.1) is 0 Å². The second-order valence-electron chi connectivity index (χ2n) is 8.92. The van der Waals surface area contributed by atoms with E-state index in [0.29, 0.717) is 34.0 Å². The molecule has 1 amide bonds. The predicted molar refractivity (Wildman–Crippen MR) is 144 cm³/mol. The Hall–Kier alpha value is -3.40. The average molecular weight is 573 g/mol. The highest BCUT2D eigenvalue weighted by Gasteiger charge is 2.49. The lowest BCUT2D eigenvalue weighted by atomic mass is 9.94. The summed E-state index contributed by atoms with van der Waals surface area (Å²) >= 11 is 13.6. The number of rotatable bonds is 5. The fraction of sp³-hybridized carbons (Fsp3) is 0.259. The Morgan fingerprint density at radius 1 is 1.24 bits per heavy atom. The van der Waals surface area contributed by atoms with E-state index in [1.807, 2.05) is 6.92 Å². The zero-order valence-corrected chi connectivity index (χ0v) is 22.9. The lowest BCUT2D eigenvalue weighted by molar-refractivity contribution is -0.132. The fourth-order valence-electron chi connectivity index (χ4n) is 4.64. The van der Waals surface area contributed by atoms with Crippen molar-refractivity contribution in [3.05, 3.63) is 79.3 Å². The van der Waals surface area contributed by atoms with Gasteiger partial charge in [-0.05, 0) is 62.2 Å². The maximum Gasteiger partial charge on any atom is 0.350 e. The smallest absolute Gasteiger partial charge is 0.350 e. The van der Waals surface area contributed by atoms with Crippen molar-refractivity contribution in [1.82, 2.24) is 4.98 Å². The zero-order chi connectivity index (χ0) is 27.3. The topological polar surface area (TPSA) is 106 Å². The number of aliphatic hydroxyl groups is 1. The summed E-state index contributed by atoms with van der Waals surface area (Å²) in [4.78, 5) is 45.1.